The summed E-state index contributed by atoms with van der Waals surface area (Å²) in [6.45, 7) is 5.89. The van der Waals surface area contributed by atoms with Crippen LogP contribution in [0.15, 0.2) is 54.0 Å². The molecule has 1 aliphatic rings. The van der Waals surface area contributed by atoms with Crippen LogP contribution >= 0.6 is 0 Å². The molecule has 2 rings (SSSR count). The summed E-state index contributed by atoms with van der Waals surface area (Å²) in [6, 6.07) is 6.66. The van der Waals surface area contributed by atoms with Gasteiger partial charge in [0.1, 0.15) is 0 Å². The maximum absolute atomic E-state index is 12.8. The van der Waals surface area contributed by atoms with E-state index in [1.54, 1.807) is 30.3 Å². The highest BCUT2D eigenvalue weighted by Crippen LogP contribution is 2.25. The van der Waals surface area contributed by atoms with E-state index in [0.29, 0.717) is 30.7 Å². The van der Waals surface area contributed by atoms with Gasteiger partial charge in [-0.05, 0) is 38.3 Å². The fourth-order valence-corrected chi connectivity index (χ4v) is 4.25. The van der Waals surface area contributed by atoms with Crippen molar-refractivity contribution in [3.63, 3.8) is 0 Å². The molecule has 1 N–H and O–H groups in total. The maximum Gasteiger partial charge on any atom is 0.243 e. The van der Waals surface area contributed by atoms with E-state index in [-0.39, 0.29) is 6.04 Å². The van der Waals surface area contributed by atoms with Crippen molar-refractivity contribution >= 4 is 10.0 Å². The molecule has 0 radical (unpaired) electrons. The third kappa shape index (κ3) is 3.85. The van der Waals surface area contributed by atoms with Gasteiger partial charge in [-0.1, -0.05) is 35.9 Å². The third-order valence-electron chi connectivity index (χ3n) is 3.88. The first kappa shape index (κ1) is 16.9. The molecule has 0 aromatic heterocycles. The highest BCUT2D eigenvalue weighted by molar-refractivity contribution is 7.89. The number of benzene rings is 1. The van der Waals surface area contributed by atoms with Gasteiger partial charge in [-0.25, -0.2) is 8.42 Å². The van der Waals surface area contributed by atoms with Gasteiger partial charge in [0.2, 0.25) is 10.0 Å². The Balaban J connectivity index is 2.24. The van der Waals surface area contributed by atoms with Gasteiger partial charge in [0.25, 0.3) is 0 Å². The van der Waals surface area contributed by atoms with Gasteiger partial charge in [0.15, 0.2) is 0 Å². The molecule has 120 valence electrons. The minimum atomic E-state index is -3.54. The molecule has 0 amide bonds. The summed E-state index contributed by atoms with van der Waals surface area (Å²) in [5.41, 5.74) is 1.02. The molecule has 4 nitrogen and oxygen atoms in total. The molecule has 0 unspecified atom stereocenters. The Morgan fingerprint density at radius 1 is 1.36 bits per heavy atom. The van der Waals surface area contributed by atoms with Gasteiger partial charge in [-0.2, -0.15) is 4.31 Å². The largest absolute Gasteiger partial charge is 0.393 e. The van der Waals surface area contributed by atoms with E-state index in [0.717, 1.165) is 5.56 Å². The van der Waals surface area contributed by atoms with Crippen molar-refractivity contribution in [3.05, 3.63) is 54.6 Å². The normalized spacial score (nSPS) is 20.7. The first-order valence-corrected chi connectivity index (χ1v) is 8.91. The molecule has 0 bridgehead atoms. The molecule has 1 aromatic carbocycles. The predicted octanol–water partition coefficient (Wildman–Crippen LogP) is 2.64. The molecule has 0 saturated heterocycles. The van der Waals surface area contributed by atoms with Crippen LogP contribution in [-0.2, 0) is 10.0 Å². The van der Waals surface area contributed by atoms with Crippen molar-refractivity contribution in [1.82, 2.24) is 4.31 Å². The average Bonchev–Trinajstić information content (AvgIpc) is 2.48. The fraction of sp³-hybridized carbons (Fsp3) is 0.412. The van der Waals surface area contributed by atoms with E-state index in [9.17, 15) is 13.5 Å². The molecule has 0 aliphatic carbocycles. The third-order valence-corrected chi connectivity index (χ3v) is 5.81. The van der Waals surface area contributed by atoms with E-state index < -0.39 is 16.1 Å². The van der Waals surface area contributed by atoms with Crippen LogP contribution in [0.4, 0.5) is 0 Å². The van der Waals surface area contributed by atoms with Crippen LogP contribution in [-0.4, -0.2) is 36.5 Å². The summed E-state index contributed by atoms with van der Waals surface area (Å²) in [7, 11) is -3.54. The lowest BCUT2D eigenvalue weighted by molar-refractivity contribution is 0.135. The van der Waals surface area contributed by atoms with E-state index in [4.69, 9.17) is 0 Å². The first-order chi connectivity index (χ1) is 10.4. The Morgan fingerprint density at radius 3 is 2.68 bits per heavy atom. The lowest BCUT2D eigenvalue weighted by Crippen LogP contribution is -2.43. The van der Waals surface area contributed by atoms with E-state index in [2.05, 4.69) is 6.58 Å². The van der Waals surface area contributed by atoms with Crippen LogP contribution in [0.2, 0.25) is 0 Å². The van der Waals surface area contributed by atoms with Crippen LogP contribution in [0.25, 0.3) is 0 Å². The lowest BCUT2D eigenvalue weighted by atomic mass is 10.0. The topological polar surface area (TPSA) is 57.6 Å². The Hall–Kier alpha value is -1.43. The van der Waals surface area contributed by atoms with Crippen molar-refractivity contribution in [1.29, 1.82) is 0 Å². The molecule has 0 fully saturated rings. The van der Waals surface area contributed by atoms with Crippen LogP contribution in [0.5, 0.6) is 0 Å². The SMILES string of the molecule is C=CC[C@@H](O)C[C@H]1CC=CCN1S(=O)(=O)c1ccc(C)cc1. The second kappa shape index (κ2) is 7.22. The lowest BCUT2D eigenvalue weighted by Gasteiger charge is -2.33. The Kier molecular flexibility index (Phi) is 5.56. The molecular formula is C17H23NO3S. The number of hydrogen-bond acceptors (Lipinski definition) is 3. The van der Waals surface area contributed by atoms with Crippen molar-refractivity contribution in [3.8, 4) is 0 Å². The summed E-state index contributed by atoms with van der Waals surface area (Å²) in [6.07, 6.45) is 6.44. The molecule has 1 aromatic rings. The molecule has 2 atom stereocenters. The van der Waals surface area contributed by atoms with Gasteiger partial charge < -0.3 is 5.11 Å². The summed E-state index contributed by atoms with van der Waals surface area (Å²) in [5.74, 6) is 0. The highest BCUT2D eigenvalue weighted by Gasteiger charge is 2.32. The van der Waals surface area contributed by atoms with Gasteiger partial charge in [0, 0.05) is 12.6 Å². The van der Waals surface area contributed by atoms with E-state index >= 15 is 0 Å². The van der Waals surface area contributed by atoms with Crippen LogP contribution in [0.1, 0.15) is 24.8 Å². The second-order valence-corrected chi connectivity index (χ2v) is 7.55. The summed E-state index contributed by atoms with van der Waals surface area (Å²) in [4.78, 5) is 0.302. The maximum atomic E-state index is 12.8. The number of sulfonamides is 1. The van der Waals surface area contributed by atoms with E-state index in [1.165, 1.54) is 4.31 Å². The highest BCUT2D eigenvalue weighted by atomic mass is 32.2. The first-order valence-electron chi connectivity index (χ1n) is 7.47. The minimum Gasteiger partial charge on any atom is -0.393 e. The standard InChI is InChI=1S/C17H23NO3S/c1-3-6-16(19)13-15-7-4-5-12-18(15)22(20,21)17-10-8-14(2)9-11-17/h3-5,8-11,15-16,19H,1,6-7,12-13H2,2H3/t15-,16-/m1/s1. The summed E-state index contributed by atoms with van der Waals surface area (Å²) < 4.78 is 27.2. The number of aliphatic hydroxyl groups is 1. The monoisotopic (exact) mass is 321 g/mol. The Labute approximate surface area is 132 Å². The zero-order valence-corrected chi connectivity index (χ0v) is 13.7. The number of rotatable bonds is 6. The molecule has 22 heavy (non-hydrogen) atoms. The van der Waals surface area contributed by atoms with Crippen molar-refractivity contribution < 1.29 is 13.5 Å². The second-order valence-electron chi connectivity index (χ2n) is 5.66. The van der Waals surface area contributed by atoms with E-state index in [1.807, 2.05) is 19.1 Å². The summed E-state index contributed by atoms with van der Waals surface area (Å²) in [5, 5.41) is 9.98. The number of aryl methyl sites for hydroxylation is 1. The van der Waals surface area contributed by atoms with Gasteiger partial charge >= 0.3 is 0 Å². The van der Waals surface area contributed by atoms with Crippen molar-refractivity contribution in [2.45, 2.75) is 43.2 Å². The number of hydrogen-bond donors (Lipinski definition) is 1. The van der Waals surface area contributed by atoms with Crippen molar-refractivity contribution in [2.75, 3.05) is 6.54 Å². The predicted molar refractivity (Wildman–Crippen MR) is 88.1 cm³/mol. The molecule has 0 saturated carbocycles. The van der Waals surface area contributed by atoms with Gasteiger partial charge in [-0.3, -0.25) is 0 Å². The molecule has 1 heterocycles. The molecule has 0 spiro atoms. The zero-order chi connectivity index (χ0) is 16.2. The summed E-state index contributed by atoms with van der Waals surface area (Å²) >= 11 is 0. The Morgan fingerprint density at radius 2 is 2.05 bits per heavy atom. The molecular weight excluding hydrogens is 298 g/mol. The van der Waals surface area contributed by atoms with Gasteiger partial charge in [-0.15, -0.1) is 6.58 Å². The van der Waals surface area contributed by atoms with Crippen LogP contribution < -0.4 is 0 Å². The fourth-order valence-electron chi connectivity index (χ4n) is 2.65. The Bertz CT molecular complexity index is 634. The number of nitrogens with zero attached hydrogens (tertiary/aromatic N) is 1. The minimum absolute atomic E-state index is 0.216. The quantitative estimate of drug-likeness (QED) is 0.820. The van der Waals surface area contributed by atoms with Crippen LogP contribution in [0.3, 0.4) is 0 Å². The smallest absolute Gasteiger partial charge is 0.243 e. The molecule has 5 heteroatoms. The van der Waals surface area contributed by atoms with Gasteiger partial charge in [0.05, 0.1) is 11.0 Å². The average molecular weight is 321 g/mol. The van der Waals surface area contributed by atoms with Crippen molar-refractivity contribution in [2.24, 2.45) is 0 Å². The molecule has 1 aliphatic heterocycles. The van der Waals surface area contributed by atoms with Crippen LogP contribution in [0, 0.1) is 6.92 Å². The zero-order valence-electron chi connectivity index (χ0n) is 12.9. The number of aliphatic hydroxyl groups excluding tert-OH is 1.